The van der Waals surface area contributed by atoms with Crippen molar-refractivity contribution < 1.29 is 13.2 Å². The second kappa shape index (κ2) is 10.0. The third-order valence-corrected chi connectivity index (χ3v) is 7.67. The van der Waals surface area contributed by atoms with Gasteiger partial charge in [-0.15, -0.1) is 11.8 Å². The van der Waals surface area contributed by atoms with Crippen molar-refractivity contribution in [2.45, 2.75) is 29.1 Å². The fourth-order valence-corrected chi connectivity index (χ4v) is 5.43. The van der Waals surface area contributed by atoms with Crippen molar-refractivity contribution in [2.75, 3.05) is 25.4 Å². The lowest BCUT2D eigenvalue weighted by Crippen LogP contribution is -2.41. The van der Waals surface area contributed by atoms with Crippen LogP contribution in [0.3, 0.4) is 0 Å². The van der Waals surface area contributed by atoms with Gasteiger partial charge in [-0.25, -0.2) is 8.42 Å². The summed E-state index contributed by atoms with van der Waals surface area (Å²) in [7, 11) is -3.47. The molecule has 0 aliphatic carbocycles. The molecule has 1 saturated heterocycles. The predicted octanol–water partition coefficient (Wildman–Crippen LogP) is 2.78. The number of amides is 1. The minimum atomic E-state index is -3.47. The van der Waals surface area contributed by atoms with Gasteiger partial charge in [-0.2, -0.15) is 4.31 Å². The topological polar surface area (TPSA) is 79.4 Å². The number of carbonyl (C=O) groups excluding carboxylic acids is 1. The molecule has 3 rings (SSSR count). The summed E-state index contributed by atoms with van der Waals surface area (Å²) < 4.78 is 26.7. The summed E-state index contributed by atoms with van der Waals surface area (Å²) in [4.78, 5) is 17.3. The van der Waals surface area contributed by atoms with Crippen molar-refractivity contribution >= 4 is 27.7 Å². The second-order valence-electron chi connectivity index (χ2n) is 6.75. The largest absolute Gasteiger partial charge is 0.356 e. The molecule has 1 aliphatic heterocycles. The van der Waals surface area contributed by atoms with E-state index in [0.29, 0.717) is 32.0 Å². The van der Waals surface area contributed by atoms with E-state index in [-0.39, 0.29) is 10.8 Å². The van der Waals surface area contributed by atoms with Crippen molar-refractivity contribution in [1.82, 2.24) is 14.6 Å². The first-order valence-corrected chi connectivity index (χ1v) is 11.8. The quantitative estimate of drug-likeness (QED) is 0.666. The standard InChI is InChI=1S/C20H25N3O3S2/c24-20(10-14-27-18-5-2-1-3-6-18)22-15-17-8-12-23(13-9-17)28(25,26)19-7-4-11-21-16-19/h1-7,11,16-17H,8-10,12-15H2,(H,22,24). The molecule has 0 atom stereocenters. The number of pyridine rings is 1. The summed E-state index contributed by atoms with van der Waals surface area (Å²) in [5.74, 6) is 1.11. The molecule has 0 saturated carbocycles. The Kier molecular flexibility index (Phi) is 7.47. The van der Waals surface area contributed by atoms with Gasteiger partial charge in [-0.05, 0) is 43.0 Å². The van der Waals surface area contributed by atoms with E-state index in [2.05, 4.69) is 10.3 Å². The summed E-state index contributed by atoms with van der Waals surface area (Å²) in [5, 5.41) is 2.99. The highest BCUT2D eigenvalue weighted by atomic mass is 32.2. The molecule has 0 radical (unpaired) electrons. The first-order valence-electron chi connectivity index (χ1n) is 9.40. The molecule has 6 nitrogen and oxygen atoms in total. The van der Waals surface area contributed by atoms with Gasteiger partial charge >= 0.3 is 0 Å². The Hall–Kier alpha value is -1.90. The fraction of sp³-hybridized carbons (Fsp3) is 0.400. The minimum absolute atomic E-state index is 0.0499. The average molecular weight is 420 g/mol. The molecule has 1 fully saturated rings. The summed E-state index contributed by atoms with van der Waals surface area (Å²) in [6, 6.07) is 13.2. The predicted molar refractivity (Wildman–Crippen MR) is 111 cm³/mol. The van der Waals surface area contributed by atoms with Crippen LogP contribution in [-0.4, -0.2) is 49.0 Å². The van der Waals surface area contributed by atoms with Crippen molar-refractivity contribution in [1.29, 1.82) is 0 Å². The van der Waals surface area contributed by atoms with Crippen LogP contribution in [-0.2, 0) is 14.8 Å². The van der Waals surface area contributed by atoms with Gasteiger partial charge in [0.2, 0.25) is 15.9 Å². The maximum atomic E-state index is 12.6. The smallest absolute Gasteiger partial charge is 0.244 e. The molecule has 1 amide bonds. The molecule has 2 aromatic rings. The third kappa shape index (κ3) is 5.80. The lowest BCUT2D eigenvalue weighted by atomic mass is 9.98. The summed E-state index contributed by atoms with van der Waals surface area (Å²) >= 11 is 1.67. The van der Waals surface area contributed by atoms with E-state index in [1.807, 2.05) is 30.3 Å². The Balaban J connectivity index is 1.37. The molecule has 0 bridgehead atoms. The van der Waals surface area contributed by atoms with E-state index in [4.69, 9.17) is 0 Å². The highest BCUT2D eigenvalue weighted by Crippen LogP contribution is 2.23. The van der Waals surface area contributed by atoms with Crippen LogP contribution in [0.1, 0.15) is 19.3 Å². The van der Waals surface area contributed by atoms with E-state index in [1.54, 1.807) is 30.1 Å². The zero-order chi connectivity index (χ0) is 19.8. The summed E-state index contributed by atoms with van der Waals surface area (Å²) in [5.41, 5.74) is 0. The maximum absolute atomic E-state index is 12.6. The van der Waals surface area contributed by atoms with Crippen LogP contribution in [0.2, 0.25) is 0 Å². The van der Waals surface area contributed by atoms with Crippen molar-refractivity contribution in [3.63, 3.8) is 0 Å². The van der Waals surface area contributed by atoms with E-state index in [1.165, 1.54) is 10.5 Å². The van der Waals surface area contributed by atoms with Gasteiger partial charge in [-0.1, -0.05) is 18.2 Å². The molecule has 1 aliphatic rings. The van der Waals surface area contributed by atoms with E-state index in [9.17, 15) is 13.2 Å². The first-order chi connectivity index (χ1) is 13.6. The van der Waals surface area contributed by atoms with Crippen LogP contribution < -0.4 is 5.32 Å². The number of hydrogen-bond acceptors (Lipinski definition) is 5. The van der Waals surface area contributed by atoms with Crippen LogP contribution >= 0.6 is 11.8 Å². The van der Waals surface area contributed by atoms with E-state index < -0.39 is 10.0 Å². The molecule has 2 heterocycles. The Bertz CT molecular complexity index is 853. The van der Waals surface area contributed by atoms with Crippen molar-refractivity contribution in [2.24, 2.45) is 5.92 Å². The van der Waals surface area contributed by atoms with Gasteiger partial charge in [0.15, 0.2) is 0 Å². The third-order valence-electron chi connectivity index (χ3n) is 4.77. The Morgan fingerprint density at radius 2 is 1.89 bits per heavy atom. The molecular formula is C20H25N3O3S2. The Morgan fingerprint density at radius 3 is 2.57 bits per heavy atom. The number of rotatable bonds is 8. The molecule has 1 N–H and O–H groups in total. The maximum Gasteiger partial charge on any atom is 0.244 e. The van der Waals surface area contributed by atoms with Gasteiger partial charge < -0.3 is 5.32 Å². The first kappa shape index (κ1) is 20.8. The number of sulfonamides is 1. The number of thioether (sulfide) groups is 1. The van der Waals surface area contributed by atoms with Gasteiger partial charge in [-0.3, -0.25) is 9.78 Å². The van der Waals surface area contributed by atoms with Crippen molar-refractivity contribution in [3.8, 4) is 0 Å². The number of aromatic nitrogens is 1. The van der Waals surface area contributed by atoms with E-state index in [0.717, 1.165) is 23.5 Å². The number of nitrogens with zero attached hydrogens (tertiary/aromatic N) is 2. The van der Waals surface area contributed by atoms with Crippen LogP contribution in [0.25, 0.3) is 0 Å². The molecule has 0 unspecified atom stereocenters. The molecular weight excluding hydrogens is 394 g/mol. The van der Waals surface area contributed by atoms with Gasteiger partial charge in [0.25, 0.3) is 0 Å². The average Bonchev–Trinajstić information content (AvgIpc) is 2.74. The fourth-order valence-electron chi connectivity index (χ4n) is 3.13. The normalized spacial score (nSPS) is 16.0. The van der Waals surface area contributed by atoms with Gasteiger partial charge in [0.05, 0.1) is 0 Å². The molecule has 1 aromatic heterocycles. The van der Waals surface area contributed by atoms with Crippen LogP contribution in [0.4, 0.5) is 0 Å². The molecule has 0 spiro atoms. The van der Waals surface area contributed by atoms with Crippen LogP contribution in [0.15, 0.2) is 64.6 Å². The second-order valence-corrected chi connectivity index (χ2v) is 9.86. The molecule has 1 aromatic carbocycles. The van der Waals surface area contributed by atoms with Gasteiger partial charge in [0.1, 0.15) is 4.90 Å². The molecule has 28 heavy (non-hydrogen) atoms. The summed E-state index contributed by atoms with van der Waals surface area (Å²) in [6.07, 6.45) is 4.92. The van der Waals surface area contributed by atoms with Gasteiger partial charge in [0, 0.05) is 49.1 Å². The lowest BCUT2D eigenvalue weighted by molar-refractivity contribution is -0.120. The van der Waals surface area contributed by atoms with Crippen LogP contribution in [0.5, 0.6) is 0 Å². The Morgan fingerprint density at radius 1 is 1.14 bits per heavy atom. The zero-order valence-electron chi connectivity index (χ0n) is 15.7. The molecule has 150 valence electrons. The van der Waals surface area contributed by atoms with Crippen molar-refractivity contribution in [3.05, 3.63) is 54.9 Å². The lowest BCUT2D eigenvalue weighted by Gasteiger charge is -2.31. The molecule has 8 heteroatoms. The number of piperidine rings is 1. The monoisotopic (exact) mass is 419 g/mol. The SMILES string of the molecule is O=C(CCSc1ccccc1)NCC1CCN(S(=O)(=O)c2cccnc2)CC1. The number of hydrogen-bond donors (Lipinski definition) is 1. The Labute approximate surface area is 170 Å². The minimum Gasteiger partial charge on any atom is -0.356 e. The number of carbonyl (C=O) groups is 1. The number of nitrogens with one attached hydrogen (secondary N) is 1. The van der Waals surface area contributed by atoms with Crippen LogP contribution in [0, 0.1) is 5.92 Å². The highest BCUT2D eigenvalue weighted by Gasteiger charge is 2.29. The highest BCUT2D eigenvalue weighted by molar-refractivity contribution is 7.99. The number of benzene rings is 1. The van der Waals surface area contributed by atoms with E-state index >= 15 is 0 Å². The summed E-state index contributed by atoms with van der Waals surface area (Å²) in [6.45, 7) is 1.55. The zero-order valence-corrected chi connectivity index (χ0v) is 17.3.